The van der Waals surface area contributed by atoms with E-state index < -0.39 is 0 Å². The molecule has 124 valence electrons. The molecule has 1 saturated heterocycles. The molecule has 0 radical (unpaired) electrons. The summed E-state index contributed by atoms with van der Waals surface area (Å²) in [6, 6.07) is 10.5. The molecule has 1 fully saturated rings. The largest absolute Gasteiger partial charge is 0.423 e. The number of rotatable bonds is 3. The average Bonchev–Trinajstić information content (AvgIpc) is 3.02. The number of aromatic nitrogens is 3. The lowest BCUT2D eigenvalue weighted by Gasteiger charge is -2.31. The number of fused-ring (bicyclic) bond motifs is 1. The van der Waals surface area contributed by atoms with E-state index in [2.05, 4.69) is 40.2 Å². The first kappa shape index (κ1) is 15.2. The first-order chi connectivity index (χ1) is 11.7. The molecule has 3 aromatic rings. The Kier molecular flexibility index (Phi) is 4.00. The van der Waals surface area contributed by atoms with Crippen molar-refractivity contribution in [2.45, 2.75) is 26.5 Å². The van der Waals surface area contributed by atoms with Gasteiger partial charge in [-0.2, -0.15) is 0 Å². The van der Waals surface area contributed by atoms with Gasteiger partial charge in [0.1, 0.15) is 6.10 Å². The highest BCUT2D eigenvalue weighted by molar-refractivity contribution is 5.79. The van der Waals surface area contributed by atoms with Gasteiger partial charge < -0.3 is 9.15 Å². The molecule has 0 spiro atoms. The predicted octanol–water partition coefficient (Wildman–Crippen LogP) is 2.81. The summed E-state index contributed by atoms with van der Waals surface area (Å²) in [7, 11) is 0. The van der Waals surface area contributed by atoms with E-state index in [0.29, 0.717) is 18.4 Å². The highest BCUT2D eigenvalue weighted by atomic mass is 16.5. The molecule has 24 heavy (non-hydrogen) atoms. The third-order valence-electron chi connectivity index (χ3n) is 4.38. The van der Waals surface area contributed by atoms with Gasteiger partial charge in [-0.15, -0.1) is 10.2 Å². The van der Waals surface area contributed by atoms with Crippen molar-refractivity contribution in [3.05, 3.63) is 53.4 Å². The third-order valence-corrected chi connectivity index (χ3v) is 4.38. The molecular weight excluding hydrogens is 304 g/mol. The number of benzene rings is 1. The van der Waals surface area contributed by atoms with Crippen LogP contribution in [0, 0.1) is 13.8 Å². The number of ether oxygens (including phenoxy) is 1. The summed E-state index contributed by atoms with van der Waals surface area (Å²) in [5.74, 6) is 1.13. The van der Waals surface area contributed by atoms with Crippen LogP contribution < -0.4 is 0 Å². The predicted molar refractivity (Wildman–Crippen MR) is 89.5 cm³/mol. The van der Waals surface area contributed by atoms with Crippen LogP contribution in [0.4, 0.5) is 0 Å². The first-order valence-corrected chi connectivity index (χ1v) is 8.18. The second-order valence-corrected chi connectivity index (χ2v) is 6.18. The van der Waals surface area contributed by atoms with E-state index in [4.69, 9.17) is 14.1 Å². The molecule has 1 atom stereocenters. The zero-order valence-corrected chi connectivity index (χ0v) is 13.9. The number of pyridine rings is 1. The number of morpholine rings is 1. The SMILES string of the molecule is Cc1nnc(C2CN(Cc3cc4ccccc4nc3C)CCO2)o1. The van der Waals surface area contributed by atoms with Gasteiger partial charge >= 0.3 is 0 Å². The summed E-state index contributed by atoms with van der Waals surface area (Å²) in [5.41, 5.74) is 3.36. The molecule has 0 saturated carbocycles. The van der Waals surface area contributed by atoms with Gasteiger partial charge in [0.05, 0.1) is 12.1 Å². The molecule has 4 rings (SSSR count). The van der Waals surface area contributed by atoms with Gasteiger partial charge in [0.25, 0.3) is 0 Å². The van der Waals surface area contributed by atoms with Crippen LogP contribution in [0.3, 0.4) is 0 Å². The van der Waals surface area contributed by atoms with E-state index in [1.807, 2.05) is 12.1 Å². The summed E-state index contributed by atoms with van der Waals surface area (Å²) in [4.78, 5) is 7.08. The molecule has 0 N–H and O–H groups in total. The van der Waals surface area contributed by atoms with Crippen molar-refractivity contribution in [3.63, 3.8) is 0 Å². The Labute approximate surface area is 140 Å². The van der Waals surface area contributed by atoms with Crippen LogP contribution in [0.25, 0.3) is 10.9 Å². The molecule has 0 aliphatic carbocycles. The van der Waals surface area contributed by atoms with Gasteiger partial charge in [-0.05, 0) is 24.6 Å². The van der Waals surface area contributed by atoms with Crippen LogP contribution in [0.2, 0.25) is 0 Å². The van der Waals surface area contributed by atoms with Crippen LogP contribution in [-0.2, 0) is 11.3 Å². The molecule has 2 aromatic heterocycles. The summed E-state index contributed by atoms with van der Waals surface area (Å²) in [6.07, 6.45) is -0.159. The number of hydrogen-bond donors (Lipinski definition) is 0. The van der Waals surface area contributed by atoms with Crippen LogP contribution in [0.15, 0.2) is 34.7 Å². The van der Waals surface area contributed by atoms with Crippen LogP contribution in [0.5, 0.6) is 0 Å². The van der Waals surface area contributed by atoms with E-state index in [1.54, 1.807) is 6.92 Å². The number of nitrogens with zero attached hydrogens (tertiary/aromatic N) is 4. The van der Waals surface area contributed by atoms with Gasteiger partial charge in [-0.3, -0.25) is 9.88 Å². The monoisotopic (exact) mass is 324 g/mol. The zero-order valence-electron chi connectivity index (χ0n) is 13.9. The maximum atomic E-state index is 5.79. The van der Waals surface area contributed by atoms with Crippen molar-refractivity contribution in [1.82, 2.24) is 20.1 Å². The van der Waals surface area contributed by atoms with Crippen molar-refractivity contribution in [2.75, 3.05) is 19.7 Å². The summed E-state index contributed by atoms with van der Waals surface area (Å²) < 4.78 is 11.3. The Bertz CT molecular complexity index is 861. The van der Waals surface area contributed by atoms with Crippen molar-refractivity contribution in [2.24, 2.45) is 0 Å². The Hall–Kier alpha value is -2.31. The quantitative estimate of drug-likeness (QED) is 0.738. The fourth-order valence-corrected chi connectivity index (χ4v) is 3.09. The maximum absolute atomic E-state index is 5.79. The van der Waals surface area contributed by atoms with Gasteiger partial charge in [0.15, 0.2) is 0 Å². The van der Waals surface area contributed by atoms with Crippen LogP contribution >= 0.6 is 0 Å². The number of para-hydroxylation sites is 1. The molecule has 0 amide bonds. The van der Waals surface area contributed by atoms with Crippen molar-refractivity contribution in [3.8, 4) is 0 Å². The lowest BCUT2D eigenvalue weighted by Crippen LogP contribution is -2.38. The molecular formula is C18H20N4O2. The minimum Gasteiger partial charge on any atom is -0.423 e. The van der Waals surface area contributed by atoms with E-state index in [-0.39, 0.29) is 6.10 Å². The fraction of sp³-hybridized carbons (Fsp3) is 0.389. The van der Waals surface area contributed by atoms with Gasteiger partial charge in [0.2, 0.25) is 11.8 Å². The molecule has 1 aliphatic heterocycles. The second kappa shape index (κ2) is 6.30. The summed E-state index contributed by atoms with van der Waals surface area (Å²) in [5, 5.41) is 9.16. The third kappa shape index (κ3) is 3.02. The molecule has 1 unspecified atom stereocenters. The Morgan fingerprint density at radius 3 is 2.92 bits per heavy atom. The minimum absolute atomic E-state index is 0.159. The lowest BCUT2D eigenvalue weighted by molar-refractivity contribution is -0.0457. The Morgan fingerprint density at radius 2 is 2.08 bits per heavy atom. The van der Waals surface area contributed by atoms with E-state index in [1.165, 1.54) is 10.9 Å². The van der Waals surface area contributed by atoms with Crippen LogP contribution in [-0.4, -0.2) is 39.8 Å². The first-order valence-electron chi connectivity index (χ1n) is 8.18. The van der Waals surface area contributed by atoms with Gasteiger partial charge in [-0.1, -0.05) is 18.2 Å². The number of hydrogen-bond acceptors (Lipinski definition) is 6. The Morgan fingerprint density at radius 1 is 1.21 bits per heavy atom. The van der Waals surface area contributed by atoms with E-state index in [9.17, 15) is 0 Å². The van der Waals surface area contributed by atoms with Gasteiger partial charge in [-0.25, -0.2) is 0 Å². The molecule has 6 heteroatoms. The van der Waals surface area contributed by atoms with E-state index >= 15 is 0 Å². The van der Waals surface area contributed by atoms with Crippen molar-refractivity contribution in [1.29, 1.82) is 0 Å². The summed E-state index contributed by atoms with van der Waals surface area (Å²) in [6.45, 7) is 6.99. The van der Waals surface area contributed by atoms with Gasteiger partial charge in [0, 0.05) is 37.6 Å². The Balaban J connectivity index is 1.53. The molecule has 6 nitrogen and oxygen atoms in total. The highest BCUT2D eigenvalue weighted by Crippen LogP contribution is 2.24. The molecule has 1 aromatic carbocycles. The second-order valence-electron chi connectivity index (χ2n) is 6.18. The highest BCUT2D eigenvalue weighted by Gasteiger charge is 2.26. The average molecular weight is 324 g/mol. The van der Waals surface area contributed by atoms with Crippen LogP contribution in [0.1, 0.15) is 29.1 Å². The maximum Gasteiger partial charge on any atom is 0.246 e. The van der Waals surface area contributed by atoms with Crippen molar-refractivity contribution >= 4 is 10.9 Å². The fourth-order valence-electron chi connectivity index (χ4n) is 3.09. The smallest absolute Gasteiger partial charge is 0.246 e. The normalized spacial score (nSPS) is 19.0. The lowest BCUT2D eigenvalue weighted by atomic mass is 10.1. The molecule has 0 bridgehead atoms. The number of aryl methyl sites for hydroxylation is 2. The van der Waals surface area contributed by atoms with E-state index in [0.717, 1.165) is 30.8 Å². The molecule has 3 heterocycles. The topological polar surface area (TPSA) is 64.3 Å². The van der Waals surface area contributed by atoms with Crippen molar-refractivity contribution < 1.29 is 9.15 Å². The minimum atomic E-state index is -0.159. The summed E-state index contributed by atoms with van der Waals surface area (Å²) >= 11 is 0. The zero-order chi connectivity index (χ0) is 16.5. The standard InChI is InChI=1S/C18H20N4O2/c1-12-15(9-14-5-3-4-6-16(14)19-12)10-22-7-8-23-17(11-22)18-21-20-13(2)24-18/h3-6,9,17H,7-8,10-11H2,1-2H3. The molecule has 1 aliphatic rings.